The average molecular weight is 1010 g/mol. The van der Waals surface area contributed by atoms with Gasteiger partial charge < -0.3 is 28.2 Å². The number of aromatic amines is 3. The largest absolute Gasteiger partial charge is 0.403 e. The number of aryl methyl sites for hydroxylation is 2. The highest BCUT2D eigenvalue weighted by molar-refractivity contribution is 5.77. The van der Waals surface area contributed by atoms with Crippen molar-refractivity contribution in [3.8, 4) is 0 Å². The minimum absolute atomic E-state index is 0.0178. The third-order valence-electron chi connectivity index (χ3n) is 14.9. The predicted octanol–water partition coefficient (Wildman–Crippen LogP) is 10.1. The molecule has 4 aliphatic rings. The lowest BCUT2D eigenvalue weighted by Gasteiger charge is -2.11. The summed E-state index contributed by atoms with van der Waals surface area (Å²) in [5.74, 6) is 1.17. The normalized spacial score (nSPS) is 22.6. The minimum atomic E-state index is -2.71. The summed E-state index contributed by atoms with van der Waals surface area (Å²) < 4.78 is 81.7. The second-order valence-electron chi connectivity index (χ2n) is 20.7. The quantitative estimate of drug-likeness (QED) is 0.0866. The topological polar surface area (TPSA) is 228 Å². The van der Waals surface area contributed by atoms with Crippen LogP contribution < -0.4 is 33.6 Å². The summed E-state index contributed by atoms with van der Waals surface area (Å²) in [6.07, 6.45) is 7.83. The van der Waals surface area contributed by atoms with Crippen LogP contribution in [-0.4, -0.2) is 35.8 Å². The van der Waals surface area contributed by atoms with Gasteiger partial charge in [0, 0.05) is 31.0 Å². The zero-order valence-electron chi connectivity index (χ0n) is 41.0. The number of aromatic nitrogens is 6. The zero-order valence-corrected chi connectivity index (χ0v) is 41.0. The van der Waals surface area contributed by atoms with Gasteiger partial charge in [-0.3, -0.25) is 14.4 Å². The number of fused-ring (bicyclic) bond motifs is 3. The molecule has 8 atom stereocenters. The average Bonchev–Trinajstić information content (AvgIpc) is 4.16. The van der Waals surface area contributed by atoms with Crippen molar-refractivity contribution < 1.29 is 35.2 Å². The third kappa shape index (κ3) is 12.4. The number of halogens is 5. The lowest BCUT2D eigenvalue weighted by atomic mass is 9.97. The number of nitrogens with one attached hydrogen (secondary N) is 3. The van der Waals surface area contributed by atoms with E-state index >= 15 is 0 Å². The van der Waals surface area contributed by atoms with Crippen molar-refractivity contribution >= 4 is 33.3 Å². The first kappa shape index (κ1) is 52.2. The first-order chi connectivity index (χ1) is 34.1. The van der Waals surface area contributed by atoms with E-state index in [4.69, 9.17) is 13.3 Å². The van der Waals surface area contributed by atoms with E-state index in [-0.39, 0.29) is 76.0 Å². The monoisotopic (exact) mass is 1010 g/mol. The summed E-state index contributed by atoms with van der Waals surface area (Å²) in [5.41, 5.74) is -2.17. The summed E-state index contributed by atoms with van der Waals surface area (Å²) in [5, 5.41) is 0.557. The molecule has 0 aromatic carbocycles. The van der Waals surface area contributed by atoms with Crippen molar-refractivity contribution in [3.05, 3.63) is 115 Å². The maximum atomic E-state index is 13.4. The first-order valence-corrected chi connectivity index (χ1v) is 25.2. The summed E-state index contributed by atoms with van der Waals surface area (Å²) in [4.78, 5) is 90.9. The number of hydrogen-bond acceptors (Lipinski definition) is 12. The number of nitrogens with zero attached hydrogens (tertiary/aromatic N) is 3. The second-order valence-corrected chi connectivity index (χ2v) is 20.7. The van der Waals surface area contributed by atoms with Crippen molar-refractivity contribution in [1.29, 1.82) is 0 Å². The van der Waals surface area contributed by atoms with Gasteiger partial charge in [0.1, 0.15) is 33.6 Å². The van der Waals surface area contributed by atoms with Crippen LogP contribution in [-0.2, 0) is 19.3 Å². The molecule has 20 heteroatoms. The van der Waals surface area contributed by atoms with Gasteiger partial charge in [0.05, 0.1) is 0 Å². The molecular formula is C52H61F5N6O9. The Labute approximate surface area is 408 Å². The van der Waals surface area contributed by atoms with Gasteiger partial charge >= 0.3 is 16.9 Å². The lowest BCUT2D eigenvalue weighted by molar-refractivity contribution is 0.00508. The molecule has 7 unspecified atom stereocenters. The van der Waals surface area contributed by atoms with E-state index in [0.29, 0.717) is 47.8 Å². The van der Waals surface area contributed by atoms with Crippen LogP contribution in [0, 0.1) is 41.4 Å². The number of hydrogen-bond donors (Lipinski definition) is 3. The van der Waals surface area contributed by atoms with Crippen molar-refractivity contribution in [2.24, 2.45) is 41.4 Å². The molecule has 6 heterocycles. The fourth-order valence-corrected chi connectivity index (χ4v) is 11.0. The first-order valence-electron chi connectivity index (χ1n) is 25.2. The van der Waals surface area contributed by atoms with Gasteiger partial charge in [-0.05, 0) is 137 Å². The molecule has 0 spiro atoms. The van der Waals surface area contributed by atoms with E-state index in [2.05, 4.69) is 43.8 Å². The van der Waals surface area contributed by atoms with Gasteiger partial charge in [0.25, 0.3) is 16.7 Å². The molecule has 0 radical (unpaired) electrons. The summed E-state index contributed by atoms with van der Waals surface area (Å²) in [6, 6.07) is 3.85. The SMILES string of the molecule is CC(F)c1nc2oc(=O)cc(CCC3CC3C3CCCC3)c2c(=O)[nH]1.CC(F)c1nc2oc(=O)cc(CCCC3CC3C(C)C)c2c(=O)[nH]1.CC(F)c1nc2oc(=O)cc(C[C@@H]3CCC(F)(F)C3)c2c(=O)[nH]1. The maximum absolute atomic E-state index is 13.4. The molecule has 0 amide bonds. The van der Waals surface area contributed by atoms with Crippen LogP contribution in [0.4, 0.5) is 22.0 Å². The van der Waals surface area contributed by atoms with E-state index in [1.165, 1.54) is 71.4 Å². The fraction of sp³-hybridized carbons (Fsp3) is 0.596. The zero-order chi connectivity index (χ0) is 51.8. The molecule has 15 nitrogen and oxygen atoms in total. The smallest absolute Gasteiger partial charge is 0.337 e. The second kappa shape index (κ2) is 21.6. The molecular weight excluding hydrogens is 948 g/mol. The maximum Gasteiger partial charge on any atom is 0.337 e. The molecule has 0 aliphatic heterocycles. The van der Waals surface area contributed by atoms with E-state index < -0.39 is 58.0 Å². The van der Waals surface area contributed by atoms with Gasteiger partial charge in [-0.1, -0.05) is 39.5 Å². The van der Waals surface area contributed by atoms with Gasteiger partial charge in [-0.15, -0.1) is 0 Å². The molecule has 72 heavy (non-hydrogen) atoms. The third-order valence-corrected chi connectivity index (χ3v) is 14.9. The van der Waals surface area contributed by atoms with E-state index in [9.17, 15) is 50.7 Å². The Kier molecular flexibility index (Phi) is 15.6. The highest BCUT2D eigenvalue weighted by atomic mass is 19.3. The van der Waals surface area contributed by atoms with Gasteiger partial charge in [0.15, 0.2) is 18.5 Å². The standard InChI is InChI=1S/C19H23FN2O3.C18H23FN2O3.C15H15F3N2O3/c1-10(20)17-21-18(24)16-13(9-15(23)25-19(16)22-17)7-6-12-8-14(12)11-4-2-3-5-11;1-9(2)13-7-11(13)5-4-6-12-8-14(22)24-18-15(12)17(23)20-16(21-18)10(3)19;1-7(16)12-19-13(22)11-9(5-10(21)23-14(11)20-12)4-8-2-3-15(17,18)6-8/h9-12,14H,2-8H2,1H3,(H,21,22,24);8-11,13H,4-7H2,1-3H3,(H,20,21,23);5,7-8H,2-4,6H2,1H3,(H,19,20,22)/t;;7?,8-/m..0/s1. The molecule has 6 aromatic rings. The molecule has 10 rings (SSSR count). The van der Waals surface area contributed by atoms with Crippen LogP contribution in [0.5, 0.6) is 0 Å². The molecule has 4 saturated carbocycles. The molecule has 0 saturated heterocycles. The van der Waals surface area contributed by atoms with Gasteiger partial charge in [-0.25, -0.2) is 36.3 Å². The van der Waals surface area contributed by atoms with E-state index in [0.717, 1.165) is 49.0 Å². The highest BCUT2D eigenvalue weighted by Crippen LogP contribution is 2.52. The fourth-order valence-electron chi connectivity index (χ4n) is 11.0. The lowest BCUT2D eigenvalue weighted by Crippen LogP contribution is -2.18. The Morgan fingerprint density at radius 1 is 0.611 bits per heavy atom. The van der Waals surface area contributed by atoms with Gasteiger partial charge in [-0.2, -0.15) is 15.0 Å². The Morgan fingerprint density at radius 2 is 1.07 bits per heavy atom. The van der Waals surface area contributed by atoms with Crippen LogP contribution in [0.1, 0.15) is 164 Å². The van der Waals surface area contributed by atoms with Crippen LogP contribution in [0.2, 0.25) is 0 Å². The van der Waals surface area contributed by atoms with Crippen molar-refractivity contribution in [1.82, 2.24) is 29.9 Å². The van der Waals surface area contributed by atoms with Crippen molar-refractivity contribution in [3.63, 3.8) is 0 Å². The Morgan fingerprint density at radius 3 is 1.50 bits per heavy atom. The van der Waals surface area contributed by atoms with Crippen molar-refractivity contribution in [2.75, 3.05) is 0 Å². The molecule has 6 aromatic heterocycles. The molecule has 4 aliphatic carbocycles. The van der Waals surface area contributed by atoms with Crippen LogP contribution >= 0.6 is 0 Å². The number of rotatable bonds is 14. The Hall–Kier alpha value is -6.08. The summed E-state index contributed by atoms with van der Waals surface area (Å²) in [6.45, 7) is 8.23. The molecule has 388 valence electrons. The molecule has 0 bridgehead atoms. The Bertz CT molecular complexity index is 3300. The van der Waals surface area contributed by atoms with Crippen molar-refractivity contribution in [2.45, 2.75) is 155 Å². The summed E-state index contributed by atoms with van der Waals surface area (Å²) >= 11 is 0. The van der Waals surface area contributed by atoms with Crippen LogP contribution in [0.25, 0.3) is 33.3 Å². The van der Waals surface area contributed by atoms with E-state index in [1.807, 2.05) is 0 Å². The van der Waals surface area contributed by atoms with Crippen LogP contribution in [0.3, 0.4) is 0 Å². The molecule has 4 fully saturated rings. The predicted molar refractivity (Wildman–Crippen MR) is 259 cm³/mol. The minimum Gasteiger partial charge on any atom is -0.403 e. The number of H-pyrrole nitrogens is 3. The van der Waals surface area contributed by atoms with Gasteiger partial charge in [0.2, 0.25) is 23.1 Å². The number of alkyl halides is 5. The van der Waals surface area contributed by atoms with E-state index in [1.54, 1.807) is 0 Å². The van der Waals surface area contributed by atoms with Crippen LogP contribution in [0.15, 0.2) is 60.2 Å². The highest BCUT2D eigenvalue weighted by Gasteiger charge is 2.43. The Balaban J connectivity index is 0.000000145. The molecule has 3 N–H and O–H groups in total. The summed E-state index contributed by atoms with van der Waals surface area (Å²) in [7, 11) is 0.